The number of anilines is 3. The molecule has 4 aliphatic rings. The number of amides is 4. The number of nitrogen functional groups attached to an aromatic ring is 1. The molecule has 6 heterocycles. The molecule has 318 valence electrons. The smallest absolute Gasteiger partial charge is 0.328 e. The summed E-state index contributed by atoms with van der Waals surface area (Å²) >= 11 is 0. The number of urea groups is 1. The maximum absolute atomic E-state index is 13.8. The number of phenolic OH excluding ortho intramolecular Hbond substituents is 1. The predicted octanol–water partition coefficient (Wildman–Crippen LogP) is 6.30. The quantitative estimate of drug-likeness (QED) is 0.162. The third-order valence-corrected chi connectivity index (χ3v) is 13.5. The molecule has 9 rings (SSSR count). The van der Waals surface area contributed by atoms with E-state index in [9.17, 15) is 19.5 Å². The van der Waals surface area contributed by atoms with Crippen LogP contribution in [0.5, 0.6) is 5.75 Å². The van der Waals surface area contributed by atoms with Crippen molar-refractivity contribution in [1.82, 2.24) is 29.9 Å². The molecule has 0 radical (unpaired) electrons. The maximum atomic E-state index is 13.8. The molecule has 4 fully saturated rings. The van der Waals surface area contributed by atoms with Gasteiger partial charge in [-0.15, -0.1) is 10.2 Å². The van der Waals surface area contributed by atoms with Crippen molar-refractivity contribution in [2.45, 2.75) is 58.0 Å². The summed E-state index contributed by atoms with van der Waals surface area (Å²) in [7, 11) is 2.08. The molecule has 4 amide bonds. The summed E-state index contributed by atoms with van der Waals surface area (Å²) in [6, 6.07) is 20.7. The van der Waals surface area contributed by atoms with Crippen LogP contribution < -0.4 is 20.9 Å². The van der Waals surface area contributed by atoms with Gasteiger partial charge in [0.2, 0.25) is 5.91 Å². The molecule has 1 atom stereocenters. The molecule has 0 aliphatic carbocycles. The average Bonchev–Trinajstić information content (AvgIpc) is 3.53. The normalized spacial score (nSPS) is 19.8. The van der Waals surface area contributed by atoms with Crippen LogP contribution in [0.25, 0.3) is 22.2 Å². The summed E-state index contributed by atoms with van der Waals surface area (Å²) in [5.41, 5.74) is 15.5. The zero-order valence-electron chi connectivity index (χ0n) is 35.3. The topological polar surface area (TPSA) is 162 Å². The van der Waals surface area contributed by atoms with Gasteiger partial charge in [-0.1, -0.05) is 30.3 Å². The van der Waals surface area contributed by atoms with Gasteiger partial charge in [-0.3, -0.25) is 19.8 Å². The second kappa shape index (κ2) is 16.8. The number of rotatable bonds is 8. The Kier molecular flexibility index (Phi) is 11.1. The Hall–Kier alpha value is -5.99. The number of hydrogen-bond donors (Lipinski definition) is 3. The third-order valence-electron chi connectivity index (χ3n) is 13.5. The van der Waals surface area contributed by atoms with Gasteiger partial charge in [0, 0.05) is 74.9 Å². The number of ether oxygens (including phenoxy) is 1. The molecule has 4 N–H and O–H groups in total. The Labute approximate surface area is 356 Å². The number of phenols is 1. The number of carbonyl (C=O) groups is 3. The Morgan fingerprint density at radius 3 is 2.44 bits per heavy atom. The van der Waals surface area contributed by atoms with E-state index in [0.29, 0.717) is 67.1 Å². The van der Waals surface area contributed by atoms with Crippen LogP contribution in [-0.4, -0.2) is 106 Å². The first-order valence-electron chi connectivity index (χ1n) is 21.6. The van der Waals surface area contributed by atoms with Gasteiger partial charge in [-0.05, 0) is 118 Å². The Balaban J connectivity index is 0.784. The molecule has 61 heavy (non-hydrogen) atoms. The van der Waals surface area contributed by atoms with Gasteiger partial charge in [0.05, 0.1) is 29.2 Å². The molecule has 5 aromatic rings. The molecular weight excluding hydrogens is 771 g/mol. The van der Waals surface area contributed by atoms with Crippen LogP contribution in [0.2, 0.25) is 0 Å². The molecule has 0 unspecified atom stereocenters. The van der Waals surface area contributed by atoms with Crippen molar-refractivity contribution in [1.29, 1.82) is 0 Å². The molecule has 0 saturated carbocycles. The molecule has 4 aliphatic heterocycles. The zero-order chi connectivity index (χ0) is 42.4. The van der Waals surface area contributed by atoms with Crippen molar-refractivity contribution in [2.75, 3.05) is 74.5 Å². The minimum absolute atomic E-state index is 0.0791. The highest BCUT2D eigenvalue weighted by molar-refractivity contribution is 6.10. The number of piperidine rings is 2. The van der Waals surface area contributed by atoms with E-state index in [2.05, 4.69) is 49.9 Å². The van der Waals surface area contributed by atoms with E-state index in [4.69, 9.17) is 10.5 Å². The highest BCUT2D eigenvalue weighted by Crippen LogP contribution is 2.41. The van der Waals surface area contributed by atoms with Gasteiger partial charge in [0.15, 0.2) is 5.82 Å². The number of aromatic hydroxyl groups is 1. The van der Waals surface area contributed by atoms with E-state index in [0.717, 1.165) is 86.4 Å². The lowest BCUT2D eigenvalue weighted by Gasteiger charge is -2.38. The van der Waals surface area contributed by atoms with Gasteiger partial charge in [0.1, 0.15) is 11.9 Å². The number of hydrogen-bond acceptors (Lipinski definition) is 10. The minimum atomic E-state index is -0.356. The van der Waals surface area contributed by atoms with Gasteiger partial charge < -0.3 is 34.8 Å². The summed E-state index contributed by atoms with van der Waals surface area (Å²) in [5.74, 6) is 1.30. The Morgan fingerprint density at radius 2 is 1.69 bits per heavy atom. The first kappa shape index (κ1) is 40.4. The van der Waals surface area contributed by atoms with E-state index in [1.807, 2.05) is 54.3 Å². The van der Waals surface area contributed by atoms with Crippen molar-refractivity contribution in [3.05, 3.63) is 94.7 Å². The number of carbonyl (C=O) groups excluding carboxylic acids is 3. The second-order valence-corrected chi connectivity index (χ2v) is 17.2. The summed E-state index contributed by atoms with van der Waals surface area (Å²) in [6.45, 7) is 10.9. The number of aromatic nitrogens is 3. The lowest BCUT2D eigenvalue weighted by atomic mass is 9.86. The summed E-state index contributed by atoms with van der Waals surface area (Å²) in [6.07, 6.45) is 4.23. The van der Waals surface area contributed by atoms with Crippen LogP contribution in [0.4, 0.5) is 22.0 Å². The van der Waals surface area contributed by atoms with E-state index >= 15 is 0 Å². The number of nitrogens with one attached hydrogen (secondary N) is 1. The van der Waals surface area contributed by atoms with E-state index in [1.165, 1.54) is 16.6 Å². The van der Waals surface area contributed by atoms with Gasteiger partial charge in [-0.2, -0.15) is 0 Å². The largest absolute Gasteiger partial charge is 0.507 e. The molecular formula is C47H55N9O5. The summed E-state index contributed by atoms with van der Waals surface area (Å²) in [5, 5.41) is 22.5. The monoisotopic (exact) mass is 825 g/mol. The van der Waals surface area contributed by atoms with Crippen molar-refractivity contribution >= 4 is 45.9 Å². The number of nitrogens with two attached hydrogens (primary N) is 1. The van der Waals surface area contributed by atoms with Gasteiger partial charge in [0.25, 0.3) is 5.91 Å². The van der Waals surface area contributed by atoms with Crippen LogP contribution in [0.3, 0.4) is 0 Å². The van der Waals surface area contributed by atoms with Crippen LogP contribution in [0, 0.1) is 19.8 Å². The third kappa shape index (κ3) is 7.90. The predicted molar refractivity (Wildman–Crippen MR) is 236 cm³/mol. The standard InChI is InChI=1S/C47H55N9O5/c1-29-25-33(11-12-34(29)41-28-55(23-24-61-41)39-26-37(50-51-45(39)48)35-7-4-5-10-40(35)57)46(59)54-20-13-31(14-21-54)27-53-18-15-32(16-19-53)43-30(2)52(3)44-36(43)8-6-9-38(44)56-22-17-42(58)49-47(56)60/h4-12,25-26,31-32,41,57H,13-24,27-28H2,1-3H3,(H2,48,51)(H,49,58,60)/t41-/m0/s1. The molecule has 3 aromatic carbocycles. The minimum Gasteiger partial charge on any atom is -0.507 e. The van der Waals surface area contributed by atoms with E-state index < -0.39 is 0 Å². The molecule has 4 saturated heterocycles. The second-order valence-electron chi connectivity index (χ2n) is 17.2. The number of aryl methyl sites for hydroxylation is 2. The van der Waals surface area contributed by atoms with Crippen molar-refractivity contribution in [3.8, 4) is 17.0 Å². The number of benzene rings is 3. The lowest BCUT2D eigenvalue weighted by Crippen LogP contribution is -2.49. The van der Waals surface area contributed by atoms with Crippen LogP contribution in [-0.2, 0) is 16.6 Å². The van der Waals surface area contributed by atoms with Crippen LogP contribution >= 0.6 is 0 Å². The summed E-state index contributed by atoms with van der Waals surface area (Å²) in [4.78, 5) is 46.9. The average molecular weight is 826 g/mol. The SMILES string of the molecule is Cc1cc(C(=O)N2CCC(CN3CCC(c4c(C)n(C)c5c(N6CCC(=O)NC6=O)cccc45)CC3)CC2)ccc1[C@@H]1CN(c2cc(-c3ccccc3O)nnc2N)CCO1. The number of likely N-dealkylation sites (tertiary alicyclic amines) is 2. The van der Waals surface area contributed by atoms with Gasteiger partial charge in [-0.25, -0.2) is 4.79 Å². The highest BCUT2D eigenvalue weighted by Gasteiger charge is 2.33. The highest BCUT2D eigenvalue weighted by atomic mass is 16.5. The fourth-order valence-corrected chi connectivity index (χ4v) is 10.1. The zero-order valence-corrected chi connectivity index (χ0v) is 35.3. The Morgan fingerprint density at radius 1 is 0.902 bits per heavy atom. The van der Waals surface area contributed by atoms with E-state index in [-0.39, 0.29) is 29.7 Å². The molecule has 14 heteroatoms. The van der Waals surface area contributed by atoms with E-state index in [1.54, 1.807) is 23.1 Å². The fourth-order valence-electron chi connectivity index (χ4n) is 10.1. The molecule has 0 spiro atoms. The first-order valence-corrected chi connectivity index (χ1v) is 21.6. The number of para-hydroxylation sites is 2. The number of morpholine rings is 1. The number of nitrogens with zero attached hydrogens (tertiary/aromatic N) is 7. The maximum Gasteiger partial charge on any atom is 0.328 e. The summed E-state index contributed by atoms with van der Waals surface area (Å²) < 4.78 is 8.48. The molecule has 0 bridgehead atoms. The van der Waals surface area contributed by atoms with Crippen LogP contribution in [0.15, 0.2) is 66.7 Å². The molecule has 2 aromatic heterocycles. The number of fused-ring (bicyclic) bond motifs is 1. The van der Waals surface area contributed by atoms with Gasteiger partial charge >= 0.3 is 6.03 Å². The number of imide groups is 1. The Bertz CT molecular complexity index is 2490. The van der Waals surface area contributed by atoms with Crippen LogP contribution in [0.1, 0.15) is 76.9 Å². The molecule has 14 nitrogen and oxygen atoms in total. The fraction of sp³-hybridized carbons (Fsp3) is 0.426. The van der Waals surface area contributed by atoms with Crippen molar-refractivity contribution in [3.63, 3.8) is 0 Å². The lowest BCUT2D eigenvalue weighted by molar-refractivity contribution is -0.120. The first-order chi connectivity index (χ1) is 29.5. The van der Waals surface area contributed by atoms with Crippen molar-refractivity contribution < 1.29 is 24.2 Å². The van der Waals surface area contributed by atoms with Crippen molar-refractivity contribution in [2.24, 2.45) is 13.0 Å².